The molecular weight excluding hydrogens is 280 g/mol. The Hall–Kier alpha value is -2.46. The number of benzene rings is 1. The fourth-order valence-electron chi connectivity index (χ4n) is 2.62. The number of aliphatic hydroxyl groups is 1. The standard InChI is InChI=1S/C18H18O4/c1-4-6-13-12(5-2)16(19)14-8-7-11(10(3)18(21)22)9-15(14)17(13)20/h4-10,17,20H,1H2,2-3H3,(H,21,22)/b12-5+,13-6+. The van der Waals surface area contributed by atoms with Crippen molar-refractivity contribution in [3.63, 3.8) is 0 Å². The number of Topliss-reactive ketones (excluding diaryl/α,β-unsaturated/α-hetero) is 1. The number of carbonyl (C=O) groups excluding carboxylic acids is 1. The highest BCUT2D eigenvalue weighted by Gasteiger charge is 2.32. The lowest BCUT2D eigenvalue weighted by molar-refractivity contribution is -0.138. The molecule has 1 aromatic carbocycles. The van der Waals surface area contributed by atoms with E-state index in [9.17, 15) is 14.7 Å². The molecule has 22 heavy (non-hydrogen) atoms. The van der Waals surface area contributed by atoms with Crippen LogP contribution in [-0.2, 0) is 4.79 Å². The third-order valence-electron chi connectivity index (χ3n) is 3.92. The summed E-state index contributed by atoms with van der Waals surface area (Å²) in [5.41, 5.74) is 2.33. The highest BCUT2D eigenvalue weighted by atomic mass is 16.4. The van der Waals surface area contributed by atoms with Crippen LogP contribution >= 0.6 is 0 Å². The van der Waals surface area contributed by atoms with Crippen LogP contribution in [-0.4, -0.2) is 22.0 Å². The van der Waals surface area contributed by atoms with Crippen LogP contribution in [0.15, 0.2) is 54.2 Å². The number of hydrogen-bond donors (Lipinski definition) is 2. The number of allylic oxidation sites excluding steroid dienone is 3. The van der Waals surface area contributed by atoms with Crippen molar-refractivity contribution >= 4 is 11.8 Å². The molecule has 0 amide bonds. The van der Waals surface area contributed by atoms with E-state index in [1.54, 1.807) is 44.2 Å². The summed E-state index contributed by atoms with van der Waals surface area (Å²) >= 11 is 0. The third kappa shape index (κ3) is 2.53. The average Bonchev–Trinajstić information content (AvgIpc) is 2.51. The lowest BCUT2D eigenvalue weighted by atomic mass is 9.79. The van der Waals surface area contributed by atoms with E-state index >= 15 is 0 Å². The first kappa shape index (κ1) is 15.9. The van der Waals surface area contributed by atoms with Gasteiger partial charge in [-0.3, -0.25) is 9.59 Å². The van der Waals surface area contributed by atoms with Gasteiger partial charge in [0.05, 0.1) is 5.92 Å². The summed E-state index contributed by atoms with van der Waals surface area (Å²) in [5, 5.41) is 19.7. The number of rotatable bonds is 3. The molecule has 0 heterocycles. The van der Waals surface area contributed by atoms with Gasteiger partial charge in [-0.25, -0.2) is 0 Å². The van der Waals surface area contributed by atoms with Gasteiger partial charge in [-0.15, -0.1) is 0 Å². The quantitative estimate of drug-likeness (QED) is 0.841. The third-order valence-corrected chi connectivity index (χ3v) is 3.92. The lowest BCUT2D eigenvalue weighted by Crippen LogP contribution is -2.22. The second kappa shape index (κ2) is 6.12. The first-order valence-corrected chi connectivity index (χ1v) is 7.01. The van der Waals surface area contributed by atoms with Crippen LogP contribution in [0.4, 0.5) is 0 Å². The fraction of sp³-hybridized carbons (Fsp3) is 0.222. The van der Waals surface area contributed by atoms with Crippen LogP contribution in [0, 0.1) is 0 Å². The first-order valence-electron chi connectivity index (χ1n) is 7.01. The minimum absolute atomic E-state index is 0.176. The van der Waals surface area contributed by atoms with E-state index in [2.05, 4.69) is 6.58 Å². The van der Waals surface area contributed by atoms with Crippen molar-refractivity contribution in [2.75, 3.05) is 0 Å². The Morgan fingerprint density at radius 3 is 2.64 bits per heavy atom. The van der Waals surface area contributed by atoms with Crippen LogP contribution in [0.1, 0.15) is 47.4 Å². The SMILES string of the molecule is C=C/C=C1\C(=C/C)C(=O)c2ccc(C(C)C(=O)O)cc2C1O. The normalized spacial score (nSPS) is 22.5. The van der Waals surface area contributed by atoms with Gasteiger partial charge in [-0.1, -0.05) is 43.0 Å². The maximum atomic E-state index is 12.5. The van der Waals surface area contributed by atoms with E-state index in [4.69, 9.17) is 5.11 Å². The first-order chi connectivity index (χ1) is 10.4. The molecule has 0 aromatic heterocycles. The van der Waals surface area contributed by atoms with Crippen LogP contribution in [0.25, 0.3) is 0 Å². The Bertz CT molecular complexity index is 710. The molecule has 2 N–H and O–H groups in total. The highest BCUT2D eigenvalue weighted by molar-refractivity contribution is 6.14. The molecular formula is C18H18O4. The molecule has 0 bridgehead atoms. The minimum Gasteiger partial charge on any atom is -0.481 e. The number of fused-ring (bicyclic) bond motifs is 1. The molecule has 4 nitrogen and oxygen atoms in total. The predicted molar refractivity (Wildman–Crippen MR) is 83.8 cm³/mol. The number of ketones is 1. The summed E-state index contributed by atoms with van der Waals surface area (Å²) in [6, 6.07) is 4.81. The molecule has 2 atom stereocenters. The maximum absolute atomic E-state index is 12.5. The van der Waals surface area contributed by atoms with Crippen molar-refractivity contribution < 1.29 is 19.8 Å². The van der Waals surface area contributed by atoms with Crippen LogP contribution in [0.3, 0.4) is 0 Å². The van der Waals surface area contributed by atoms with Crippen molar-refractivity contribution in [3.05, 3.63) is 70.8 Å². The number of aliphatic carboxylic acids is 1. The molecule has 1 aliphatic carbocycles. The molecule has 0 saturated carbocycles. The number of carboxylic acid groups (broad SMARTS) is 1. The smallest absolute Gasteiger partial charge is 0.310 e. The Morgan fingerprint density at radius 1 is 1.41 bits per heavy atom. The number of carbonyl (C=O) groups is 2. The van der Waals surface area contributed by atoms with Gasteiger partial charge < -0.3 is 10.2 Å². The highest BCUT2D eigenvalue weighted by Crippen LogP contribution is 2.38. The second-order valence-corrected chi connectivity index (χ2v) is 5.20. The van der Waals surface area contributed by atoms with Gasteiger partial charge in [-0.2, -0.15) is 0 Å². The summed E-state index contributed by atoms with van der Waals surface area (Å²) in [4.78, 5) is 23.6. The zero-order chi connectivity index (χ0) is 16.4. The van der Waals surface area contributed by atoms with E-state index < -0.39 is 18.0 Å². The zero-order valence-corrected chi connectivity index (χ0v) is 12.5. The summed E-state index contributed by atoms with van der Waals surface area (Å²) in [7, 11) is 0. The second-order valence-electron chi connectivity index (χ2n) is 5.20. The van der Waals surface area contributed by atoms with Gasteiger partial charge in [0.15, 0.2) is 5.78 Å². The largest absolute Gasteiger partial charge is 0.481 e. The molecule has 0 aliphatic heterocycles. The van der Waals surface area contributed by atoms with Gasteiger partial charge in [0, 0.05) is 11.1 Å². The molecule has 4 heteroatoms. The van der Waals surface area contributed by atoms with Gasteiger partial charge in [0.2, 0.25) is 0 Å². The monoisotopic (exact) mass is 298 g/mol. The number of carboxylic acids is 1. The van der Waals surface area contributed by atoms with Gasteiger partial charge in [0.25, 0.3) is 0 Å². The maximum Gasteiger partial charge on any atom is 0.310 e. The average molecular weight is 298 g/mol. The molecule has 1 aliphatic rings. The summed E-state index contributed by atoms with van der Waals surface area (Å²) in [5.74, 6) is -1.83. The summed E-state index contributed by atoms with van der Waals surface area (Å²) < 4.78 is 0. The van der Waals surface area contributed by atoms with Gasteiger partial charge in [-0.05, 0) is 30.5 Å². The number of aliphatic hydroxyl groups excluding tert-OH is 1. The van der Waals surface area contributed by atoms with Crippen molar-refractivity contribution in [2.45, 2.75) is 25.9 Å². The van der Waals surface area contributed by atoms with E-state index in [1.807, 2.05) is 0 Å². The molecule has 0 saturated heterocycles. The minimum atomic E-state index is -0.974. The van der Waals surface area contributed by atoms with Crippen molar-refractivity contribution in [1.82, 2.24) is 0 Å². The van der Waals surface area contributed by atoms with Crippen molar-refractivity contribution in [2.24, 2.45) is 0 Å². The fourth-order valence-corrected chi connectivity index (χ4v) is 2.62. The van der Waals surface area contributed by atoms with E-state index in [0.717, 1.165) is 0 Å². The molecule has 0 radical (unpaired) electrons. The molecule has 1 aromatic rings. The van der Waals surface area contributed by atoms with E-state index in [-0.39, 0.29) is 5.78 Å². The molecule has 2 unspecified atom stereocenters. The molecule has 114 valence electrons. The lowest BCUT2D eigenvalue weighted by Gasteiger charge is -2.26. The van der Waals surface area contributed by atoms with Crippen LogP contribution in [0.5, 0.6) is 0 Å². The zero-order valence-electron chi connectivity index (χ0n) is 12.5. The van der Waals surface area contributed by atoms with Gasteiger partial charge >= 0.3 is 5.97 Å². The summed E-state index contributed by atoms with van der Waals surface area (Å²) in [6.07, 6.45) is 3.81. The molecule has 2 rings (SSSR count). The summed E-state index contributed by atoms with van der Waals surface area (Å²) in [6.45, 7) is 6.91. The number of hydrogen-bond acceptors (Lipinski definition) is 3. The molecule has 0 fully saturated rings. The van der Waals surface area contributed by atoms with Crippen LogP contribution < -0.4 is 0 Å². The predicted octanol–water partition coefficient (Wildman–Crippen LogP) is 3.16. The topological polar surface area (TPSA) is 74.6 Å². The van der Waals surface area contributed by atoms with Gasteiger partial charge in [0.1, 0.15) is 6.10 Å². The Labute approximate surface area is 129 Å². The van der Waals surface area contributed by atoms with E-state index in [0.29, 0.717) is 27.8 Å². The Morgan fingerprint density at radius 2 is 2.09 bits per heavy atom. The van der Waals surface area contributed by atoms with Crippen molar-refractivity contribution in [1.29, 1.82) is 0 Å². The van der Waals surface area contributed by atoms with Crippen LogP contribution in [0.2, 0.25) is 0 Å². The Kier molecular flexibility index (Phi) is 4.43. The van der Waals surface area contributed by atoms with Crippen molar-refractivity contribution in [3.8, 4) is 0 Å². The van der Waals surface area contributed by atoms with E-state index in [1.165, 1.54) is 6.08 Å². The Balaban J connectivity index is 2.64. The molecule has 0 spiro atoms.